The third kappa shape index (κ3) is 2.96. The maximum Gasteiger partial charge on any atom is 0.224 e. The van der Waals surface area contributed by atoms with Gasteiger partial charge in [-0.3, -0.25) is 4.79 Å². The molecule has 2 aromatic rings. The number of benzene rings is 2. The smallest absolute Gasteiger partial charge is 0.224 e. The molecule has 1 fully saturated rings. The molecule has 1 amide bonds. The standard InChI is InChI=1S/C19H19NO3S/c21-19(9-13-7-8-24(22,23)12-13)20-16-5-6-18-15(11-16)10-14-3-1-2-4-17(14)18/h1-6,11,13H,7-10,12H2,(H,20,21). The van der Waals surface area contributed by atoms with E-state index in [1.54, 1.807) is 0 Å². The van der Waals surface area contributed by atoms with Crippen LogP contribution in [0, 0.1) is 5.92 Å². The Bertz CT molecular complexity index is 918. The SMILES string of the molecule is O=C(CC1CCS(=O)(=O)C1)Nc1ccc2c(c1)Cc1ccccc1-2. The highest BCUT2D eigenvalue weighted by Gasteiger charge is 2.29. The van der Waals surface area contributed by atoms with E-state index >= 15 is 0 Å². The molecule has 1 aliphatic carbocycles. The number of hydrogen-bond donors (Lipinski definition) is 1. The van der Waals surface area contributed by atoms with Crippen molar-refractivity contribution in [1.82, 2.24) is 0 Å². The zero-order valence-corrected chi connectivity index (χ0v) is 14.1. The van der Waals surface area contributed by atoms with Gasteiger partial charge >= 0.3 is 0 Å². The summed E-state index contributed by atoms with van der Waals surface area (Å²) in [5, 5.41) is 2.92. The van der Waals surface area contributed by atoms with E-state index in [1.165, 1.54) is 22.3 Å². The molecule has 0 aromatic heterocycles. The normalized spacial score (nSPS) is 20.4. The number of carbonyl (C=O) groups excluding carboxylic acids is 1. The Labute approximate surface area is 141 Å². The average Bonchev–Trinajstić information content (AvgIpc) is 3.06. The molecule has 2 aliphatic rings. The Morgan fingerprint density at radius 1 is 1.08 bits per heavy atom. The van der Waals surface area contributed by atoms with Gasteiger partial charge in [0, 0.05) is 12.1 Å². The van der Waals surface area contributed by atoms with E-state index in [-0.39, 0.29) is 29.8 Å². The summed E-state index contributed by atoms with van der Waals surface area (Å²) in [5.41, 5.74) is 5.81. The molecule has 1 saturated heterocycles. The van der Waals surface area contributed by atoms with Crippen molar-refractivity contribution in [3.63, 3.8) is 0 Å². The van der Waals surface area contributed by atoms with E-state index in [9.17, 15) is 13.2 Å². The van der Waals surface area contributed by atoms with Crippen LogP contribution in [0.3, 0.4) is 0 Å². The Hall–Kier alpha value is -2.14. The minimum atomic E-state index is -2.93. The highest BCUT2D eigenvalue weighted by molar-refractivity contribution is 7.91. The predicted molar refractivity (Wildman–Crippen MR) is 94.7 cm³/mol. The minimum absolute atomic E-state index is 0.0475. The lowest BCUT2D eigenvalue weighted by molar-refractivity contribution is -0.116. The minimum Gasteiger partial charge on any atom is -0.326 e. The lowest BCUT2D eigenvalue weighted by atomic mass is 10.0. The van der Waals surface area contributed by atoms with Gasteiger partial charge in [0.15, 0.2) is 9.84 Å². The van der Waals surface area contributed by atoms with Crippen molar-refractivity contribution in [3.05, 3.63) is 53.6 Å². The van der Waals surface area contributed by atoms with Gasteiger partial charge in [-0.05, 0) is 53.1 Å². The number of fused-ring (bicyclic) bond motifs is 3. The van der Waals surface area contributed by atoms with Crippen molar-refractivity contribution in [3.8, 4) is 11.1 Å². The zero-order valence-electron chi connectivity index (χ0n) is 13.3. The first-order valence-electron chi connectivity index (χ1n) is 8.22. The molecule has 1 heterocycles. The number of nitrogens with one attached hydrogen (secondary N) is 1. The summed E-state index contributed by atoms with van der Waals surface area (Å²) in [6.07, 6.45) is 1.75. The Morgan fingerprint density at radius 3 is 2.67 bits per heavy atom. The Kier molecular flexibility index (Phi) is 3.68. The average molecular weight is 341 g/mol. The predicted octanol–water partition coefficient (Wildman–Crippen LogP) is 3.02. The third-order valence-corrected chi connectivity index (χ3v) is 6.72. The molecule has 24 heavy (non-hydrogen) atoms. The van der Waals surface area contributed by atoms with E-state index < -0.39 is 9.84 Å². The molecule has 2 aromatic carbocycles. The summed E-state index contributed by atoms with van der Waals surface area (Å²) in [6, 6.07) is 14.3. The van der Waals surface area contributed by atoms with Crippen LogP contribution in [0.2, 0.25) is 0 Å². The number of rotatable bonds is 3. The Morgan fingerprint density at radius 2 is 1.88 bits per heavy atom. The number of hydrogen-bond acceptors (Lipinski definition) is 3. The van der Waals surface area contributed by atoms with Crippen LogP contribution in [0.5, 0.6) is 0 Å². The highest BCUT2D eigenvalue weighted by Crippen LogP contribution is 2.37. The third-order valence-electron chi connectivity index (χ3n) is 4.88. The van der Waals surface area contributed by atoms with Gasteiger partial charge in [0.25, 0.3) is 0 Å². The summed E-state index contributed by atoms with van der Waals surface area (Å²) in [5.74, 6) is 0.198. The van der Waals surface area contributed by atoms with Crippen LogP contribution in [0.4, 0.5) is 5.69 Å². The molecular weight excluding hydrogens is 322 g/mol. The van der Waals surface area contributed by atoms with Crippen molar-refractivity contribution in [2.45, 2.75) is 19.3 Å². The maximum atomic E-state index is 12.2. The molecule has 1 aliphatic heterocycles. The van der Waals surface area contributed by atoms with Gasteiger partial charge in [0.2, 0.25) is 5.91 Å². The second kappa shape index (κ2) is 5.74. The summed E-state index contributed by atoms with van der Waals surface area (Å²) in [6.45, 7) is 0. The van der Waals surface area contributed by atoms with Crippen LogP contribution >= 0.6 is 0 Å². The molecule has 0 bridgehead atoms. The summed E-state index contributed by atoms with van der Waals surface area (Å²) in [7, 11) is -2.93. The van der Waals surface area contributed by atoms with E-state index in [0.29, 0.717) is 6.42 Å². The second-order valence-electron chi connectivity index (χ2n) is 6.73. The van der Waals surface area contributed by atoms with Gasteiger partial charge < -0.3 is 5.32 Å². The molecule has 0 radical (unpaired) electrons. The van der Waals surface area contributed by atoms with Crippen LogP contribution in [-0.4, -0.2) is 25.8 Å². The van der Waals surface area contributed by atoms with Gasteiger partial charge in [0.05, 0.1) is 11.5 Å². The lowest BCUT2D eigenvalue weighted by Gasteiger charge is -2.10. The molecule has 0 saturated carbocycles. The molecule has 5 heteroatoms. The van der Waals surface area contributed by atoms with E-state index in [4.69, 9.17) is 0 Å². The van der Waals surface area contributed by atoms with Crippen LogP contribution in [-0.2, 0) is 21.1 Å². The molecule has 4 rings (SSSR count). The molecule has 4 nitrogen and oxygen atoms in total. The number of amides is 1. The first kappa shape index (κ1) is 15.4. The van der Waals surface area contributed by atoms with Crippen molar-refractivity contribution < 1.29 is 13.2 Å². The summed E-state index contributed by atoms with van der Waals surface area (Å²) >= 11 is 0. The van der Waals surface area contributed by atoms with Gasteiger partial charge in [0.1, 0.15) is 0 Å². The van der Waals surface area contributed by atoms with Crippen LogP contribution in [0.15, 0.2) is 42.5 Å². The van der Waals surface area contributed by atoms with Crippen LogP contribution in [0.1, 0.15) is 24.0 Å². The van der Waals surface area contributed by atoms with Crippen molar-refractivity contribution >= 4 is 21.4 Å². The molecule has 1 atom stereocenters. The van der Waals surface area contributed by atoms with E-state index in [1.807, 2.05) is 24.3 Å². The maximum absolute atomic E-state index is 12.2. The number of carbonyl (C=O) groups is 1. The molecule has 0 spiro atoms. The monoisotopic (exact) mass is 341 g/mol. The van der Waals surface area contributed by atoms with Crippen molar-refractivity contribution in [2.75, 3.05) is 16.8 Å². The van der Waals surface area contributed by atoms with Gasteiger partial charge in [-0.1, -0.05) is 30.3 Å². The number of sulfone groups is 1. The Balaban J connectivity index is 1.45. The first-order chi connectivity index (χ1) is 11.5. The van der Waals surface area contributed by atoms with Gasteiger partial charge in [-0.25, -0.2) is 8.42 Å². The highest BCUT2D eigenvalue weighted by atomic mass is 32.2. The molecule has 124 valence electrons. The number of anilines is 1. The second-order valence-corrected chi connectivity index (χ2v) is 8.96. The van der Waals surface area contributed by atoms with Gasteiger partial charge in [-0.2, -0.15) is 0 Å². The molecule has 1 unspecified atom stereocenters. The fourth-order valence-corrected chi connectivity index (χ4v) is 5.59. The quantitative estimate of drug-likeness (QED) is 0.796. The largest absolute Gasteiger partial charge is 0.326 e. The fourth-order valence-electron chi connectivity index (χ4n) is 3.73. The van der Waals surface area contributed by atoms with Crippen LogP contribution < -0.4 is 5.32 Å². The topological polar surface area (TPSA) is 63.2 Å². The van der Waals surface area contributed by atoms with E-state index in [0.717, 1.165) is 12.1 Å². The van der Waals surface area contributed by atoms with Crippen molar-refractivity contribution in [1.29, 1.82) is 0 Å². The molecule has 1 N–H and O–H groups in total. The summed E-state index contributed by atoms with van der Waals surface area (Å²) in [4.78, 5) is 12.2. The molecular formula is C19H19NO3S. The first-order valence-corrected chi connectivity index (χ1v) is 10.0. The van der Waals surface area contributed by atoms with Crippen LogP contribution in [0.25, 0.3) is 11.1 Å². The zero-order chi connectivity index (χ0) is 16.7. The summed E-state index contributed by atoms with van der Waals surface area (Å²) < 4.78 is 23.0. The van der Waals surface area contributed by atoms with E-state index in [2.05, 4.69) is 23.5 Å². The lowest BCUT2D eigenvalue weighted by Crippen LogP contribution is -2.17. The van der Waals surface area contributed by atoms with Crippen molar-refractivity contribution in [2.24, 2.45) is 5.92 Å². The fraction of sp³-hybridized carbons (Fsp3) is 0.316. The van der Waals surface area contributed by atoms with Gasteiger partial charge in [-0.15, -0.1) is 0 Å².